The molecule has 0 aromatic carbocycles. The first-order valence-corrected chi connectivity index (χ1v) is 3.80. The van der Waals surface area contributed by atoms with Gasteiger partial charge in [-0.15, -0.1) is 0 Å². The summed E-state index contributed by atoms with van der Waals surface area (Å²) >= 11 is 0. The monoisotopic (exact) mass is 159 g/mol. The van der Waals surface area contributed by atoms with Crippen LogP contribution in [0.2, 0.25) is 0 Å². The smallest absolute Gasteiger partial charge is 0.203 e. The Labute approximate surface area is 71.1 Å². The van der Waals surface area contributed by atoms with Crippen molar-refractivity contribution in [3.8, 4) is 0 Å². The largest absolute Gasteiger partial charge is 0.448 e. The molecule has 2 rings (SSSR count). The molecule has 2 heterocycles. The first kappa shape index (κ1) is 6.98. The van der Waals surface area contributed by atoms with Crippen LogP contribution in [0.25, 0.3) is 0 Å². The van der Waals surface area contributed by atoms with Crippen LogP contribution in [-0.4, -0.2) is 0 Å². The molecule has 0 unspecified atom stereocenters. The van der Waals surface area contributed by atoms with Gasteiger partial charge in [-0.3, -0.25) is 4.90 Å². The van der Waals surface area contributed by atoms with Crippen molar-refractivity contribution < 1.29 is 4.42 Å². The summed E-state index contributed by atoms with van der Waals surface area (Å²) in [7, 11) is 0. The first-order chi connectivity index (χ1) is 5.97. The predicted octanol–water partition coefficient (Wildman–Crippen LogP) is 2.68. The van der Waals surface area contributed by atoms with Gasteiger partial charge in [-0.05, 0) is 18.2 Å². The summed E-state index contributed by atoms with van der Waals surface area (Å²) in [5, 5.41) is 0. The molecule has 12 heavy (non-hydrogen) atoms. The number of nitrogens with zero attached hydrogens (tertiary/aromatic N) is 1. The fraction of sp³-hybridized carbons (Fsp3) is 0. The van der Waals surface area contributed by atoms with Crippen LogP contribution in [0.5, 0.6) is 0 Å². The van der Waals surface area contributed by atoms with Gasteiger partial charge < -0.3 is 4.42 Å². The molecule has 1 aliphatic heterocycles. The second-order valence-electron chi connectivity index (χ2n) is 2.43. The molecule has 0 bridgehead atoms. The lowest BCUT2D eigenvalue weighted by molar-refractivity contribution is 0.572. The summed E-state index contributed by atoms with van der Waals surface area (Å²) in [6.07, 6.45) is 13.4. The third kappa shape index (κ3) is 1.32. The van der Waals surface area contributed by atoms with Gasteiger partial charge in [-0.2, -0.15) is 0 Å². The minimum absolute atomic E-state index is 0.825. The number of furan rings is 1. The molecule has 60 valence electrons. The van der Waals surface area contributed by atoms with E-state index in [9.17, 15) is 0 Å². The highest BCUT2D eigenvalue weighted by molar-refractivity contribution is 5.45. The van der Waals surface area contributed by atoms with Crippen molar-refractivity contribution >= 4 is 5.88 Å². The average molecular weight is 159 g/mol. The Morgan fingerprint density at radius 3 is 2.33 bits per heavy atom. The van der Waals surface area contributed by atoms with E-state index in [1.54, 1.807) is 6.26 Å². The van der Waals surface area contributed by atoms with Gasteiger partial charge in [0.05, 0.1) is 6.26 Å². The normalized spacial score (nSPS) is 15.2. The first-order valence-electron chi connectivity index (χ1n) is 3.80. The van der Waals surface area contributed by atoms with Crippen LogP contribution in [0.1, 0.15) is 0 Å². The second kappa shape index (κ2) is 3.13. The lowest BCUT2D eigenvalue weighted by Gasteiger charge is -2.09. The quantitative estimate of drug-likeness (QED) is 0.626. The lowest BCUT2D eigenvalue weighted by atomic mass is 10.5. The highest BCUT2D eigenvalue weighted by atomic mass is 16.3. The van der Waals surface area contributed by atoms with Crippen molar-refractivity contribution in [2.24, 2.45) is 0 Å². The van der Waals surface area contributed by atoms with Crippen molar-refractivity contribution in [3.05, 3.63) is 55.1 Å². The molecule has 2 heteroatoms. The zero-order valence-electron chi connectivity index (χ0n) is 6.55. The van der Waals surface area contributed by atoms with E-state index in [1.165, 1.54) is 0 Å². The molecule has 1 aromatic rings. The summed E-state index contributed by atoms with van der Waals surface area (Å²) in [5.74, 6) is 0.825. The minimum Gasteiger partial charge on any atom is -0.448 e. The zero-order chi connectivity index (χ0) is 8.23. The molecule has 0 amide bonds. The van der Waals surface area contributed by atoms with Crippen LogP contribution in [-0.2, 0) is 0 Å². The highest BCUT2D eigenvalue weighted by Gasteiger charge is 2.00. The molecule has 0 radical (unpaired) electrons. The Kier molecular flexibility index (Phi) is 1.82. The van der Waals surface area contributed by atoms with Gasteiger partial charge in [0, 0.05) is 18.5 Å². The van der Waals surface area contributed by atoms with Crippen LogP contribution < -0.4 is 4.90 Å². The van der Waals surface area contributed by atoms with E-state index in [1.807, 2.05) is 53.7 Å². The summed E-state index contributed by atoms with van der Waals surface area (Å²) in [4.78, 5) is 1.92. The molecule has 1 aromatic heterocycles. The van der Waals surface area contributed by atoms with Gasteiger partial charge in [-0.25, -0.2) is 0 Å². The number of hydrogen-bond donors (Lipinski definition) is 0. The highest BCUT2D eigenvalue weighted by Crippen LogP contribution is 2.16. The number of rotatable bonds is 1. The lowest BCUT2D eigenvalue weighted by Crippen LogP contribution is -2.04. The van der Waals surface area contributed by atoms with Crippen LogP contribution >= 0.6 is 0 Å². The third-order valence-corrected chi connectivity index (χ3v) is 1.59. The maximum Gasteiger partial charge on any atom is 0.203 e. The maximum absolute atomic E-state index is 5.22. The van der Waals surface area contributed by atoms with Gasteiger partial charge in [0.2, 0.25) is 5.88 Å². The van der Waals surface area contributed by atoms with Gasteiger partial charge in [0.15, 0.2) is 0 Å². The Morgan fingerprint density at radius 1 is 1.00 bits per heavy atom. The topological polar surface area (TPSA) is 16.4 Å². The van der Waals surface area contributed by atoms with Crippen LogP contribution in [0.15, 0.2) is 59.5 Å². The fourth-order valence-corrected chi connectivity index (χ4v) is 1.03. The summed E-state index contributed by atoms with van der Waals surface area (Å²) < 4.78 is 5.22. The van der Waals surface area contributed by atoms with E-state index in [2.05, 4.69) is 0 Å². The van der Waals surface area contributed by atoms with E-state index in [0.717, 1.165) is 5.88 Å². The standard InChI is InChI=1S/C10H9NO/c1-2-4-8-11(7-3-1)10-6-5-9-12-10/h1-9H. The third-order valence-electron chi connectivity index (χ3n) is 1.59. The molecule has 0 spiro atoms. The van der Waals surface area contributed by atoms with Crippen LogP contribution in [0, 0.1) is 0 Å². The molecule has 0 fully saturated rings. The molecule has 2 nitrogen and oxygen atoms in total. The van der Waals surface area contributed by atoms with Crippen LogP contribution in [0.4, 0.5) is 5.88 Å². The Balaban J connectivity index is 2.25. The molecule has 0 saturated carbocycles. The van der Waals surface area contributed by atoms with E-state index in [0.29, 0.717) is 0 Å². The molecule has 0 saturated heterocycles. The van der Waals surface area contributed by atoms with Gasteiger partial charge >= 0.3 is 0 Å². The van der Waals surface area contributed by atoms with E-state index in [4.69, 9.17) is 4.42 Å². The summed E-state index contributed by atoms with van der Waals surface area (Å²) in [5.41, 5.74) is 0. The van der Waals surface area contributed by atoms with Gasteiger partial charge in [0.1, 0.15) is 0 Å². The number of allylic oxidation sites excluding steroid dienone is 4. The van der Waals surface area contributed by atoms with Crippen LogP contribution in [0.3, 0.4) is 0 Å². The van der Waals surface area contributed by atoms with Gasteiger partial charge in [0.25, 0.3) is 0 Å². The molecular weight excluding hydrogens is 150 g/mol. The Bertz CT molecular complexity index is 304. The number of anilines is 1. The molecule has 0 aliphatic carbocycles. The summed E-state index contributed by atoms with van der Waals surface area (Å²) in [6, 6.07) is 3.79. The minimum atomic E-state index is 0.825. The Morgan fingerprint density at radius 2 is 1.75 bits per heavy atom. The average Bonchev–Trinajstić information content (AvgIpc) is 2.48. The maximum atomic E-state index is 5.22. The van der Waals surface area contributed by atoms with Crippen molar-refractivity contribution in [2.45, 2.75) is 0 Å². The Hall–Kier alpha value is -1.70. The molecular formula is C10H9NO. The van der Waals surface area contributed by atoms with Crippen molar-refractivity contribution in [3.63, 3.8) is 0 Å². The summed E-state index contributed by atoms with van der Waals surface area (Å²) in [6.45, 7) is 0. The van der Waals surface area contributed by atoms with E-state index >= 15 is 0 Å². The van der Waals surface area contributed by atoms with Crippen molar-refractivity contribution in [2.75, 3.05) is 4.90 Å². The van der Waals surface area contributed by atoms with E-state index in [-0.39, 0.29) is 0 Å². The molecule has 0 N–H and O–H groups in total. The molecule has 1 aliphatic rings. The number of hydrogen-bond acceptors (Lipinski definition) is 2. The SMILES string of the molecule is C1=CC=CN(c2ccco2)C=C1. The zero-order valence-corrected chi connectivity index (χ0v) is 6.55. The van der Waals surface area contributed by atoms with Crippen molar-refractivity contribution in [1.29, 1.82) is 0 Å². The predicted molar refractivity (Wildman–Crippen MR) is 48.6 cm³/mol. The molecule has 0 atom stereocenters. The second-order valence-corrected chi connectivity index (χ2v) is 2.43. The van der Waals surface area contributed by atoms with E-state index < -0.39 is 0 Å². The van der Waals surface area contributed by atoms with Gasteiger partial charge in [-0.1, -0.05) is 12.2 Å². The van der Waals surface area contributed by atoms with Crippen molar-refractivity contribution in [1.82, 2.24) is 0 Å². The fourth-order valence-electron chi connectivity index (χ4n) is 1.03.